The number of H-pyrrole nitrogens is 1. The van der Waals surface area contributed by atoms with Gasteiger partial charge in [-0.1, -0.05) is 42.4 Å². The molecule has 2 aromatic carbocycles. The number of nitro benzene ring substituents is 1. The first kappa shape index (κ1) is 23.8. The molecule has 1 N–H and O–H groups in total. The summed E-state index contributed by atoms with van der Waals surface area (Å²) in [4.78, 5) is 41.3. The predicted octanol–water partition coefficient (Wildman–Crippen LogP) is 4.57. The average molecular weight is 525 g/mol. The number of nitrogens with one attached hydrogen (secondary N) is 1. The molecule has 182 valence electrons. The van der Waals surface area contributed by atoms with Gasteiger partial charge in [-0.05, 0) is 41.3 Å². The number of anilines is 1. The van der Waals surface area contributed by atoms with E-state index in [1.54, 1.807) is 54.5 Å². The summed E-state index contributed by atoms with van der Waals surface area (Å²) in [5.74, 6) is 0.501. The number of halogens is 1. The van der Waals surface area contributed by atoms with Crippen molar-refractivity contribution in [3.05, 3.63) is 85.8 Å². The maximum atomic E-state index is 13.3. The van der Waals surface area contributed by atoms with Gasteiger partial charge in [0.05, 0.1) is 21.2 Å². The molecule has 1 aliphatic heterocycles. The molecule has 5 rings (SSSR count). The summed E-state index contributed by atoms with van der Waals surface area (Å²) in [7, 11) is 0. The van der Waals surface area contributed by atoms with Crippen molar-refractivity contribution in [2.75, 3.05) is 11.2 Å². The number of hydrogen-bond acceptors (Lipinski definition) is 7. The minimum absolute atomic E-state index is 0.142. The molecule has 12 heteroatoms. The molecule has 1 amide bonds. The zero-order valence-corrected chi connectivity index (χ0v) is 20.7. The second-order valence-corrected chi connectivity index (χ2v) is 9.09. The van der Waals surface area contributed by atoms with Crippen molar-refractivity contribution in [2.24, 2.45) is 0 Å². The number of hydrogen-bond donors (Lipinski definition) is 1. The van der Waals surface area contributed by atoms with Crippen LogP contribution in [0, 0.1) is 10.1 Å². The minimum atomic E-state index is -0.888. The summed E-state index contributed by atoms with van der Waals surface area (Å²) in [6, 6.07) is 14.6. The minimum Gasteiger partial charge on any atom is -0.452 e. The third-order valence-electron chi connectivity index (χ3n) is 5.83. The molecule has 1 atom stereocenters. The summed E-state index contributed by atoms with van der Waals surface area (Å²) in [5.41, 5.74) is 1.39. The molecule has 0 radical (unpaired) electrons. The van der Waals surface area contributed by atoms with Crippen molar-refractivity contribution in [3.8, 4) is 22.6 Å². The van der Waals surface area contributed by atoms with Crippen LogP contribution < -0.4 is 15.1 Å². The van der Waals surface area contributed by atoms with Gasteiger partial charge in [-0.15, -0.1) is 0 Å². The Balaban J connectivity index is 1.72. The van der Waals surface area contributed by atoms with E-state index in [0.717, 1.165) is 0 Å². The number of rotatable bonds is 5. The van der Waals surface area contributed by atoms with Gasteiger partial charge in [0.2, 0.25) is 11.1 Å². The standard InChI is InChI=1S/C24H18ClN5O5S/c1-3-20(31)28-17-7-5-4-6-15(17)21-22(32)26-24(36-2)27-29(21)23(28)19-11-10-18(35-19)14-9-8-13(30(33)34)12-16(14)25/h4-12,23H,3H2,1-2H3/p+1/t23-/m0/s1. The molecule has 1 aliphatic rings. The van der Waals surface area contributed by atoms with Crippen LogP contribution in [0.3, 0.4) is 0 Å². The summed E-state index contributed by atoms with van der Waals surface area (Å²) in [6.07, 6.45) is 1.11. The normalized spacial score (nSPS) is 14.3. The van der Waals surface area contributed by atoms with Gasteiger partial charge >= 0.3 is 17.4 Å². The van der Waals surface area contributed by atoms with E-state index in [-0.39, 0.29) is 28.6 Å². The van der Waals surface area contributed by atoms with E-state index in [1.165, 1.54) is 34.6 Å². The van der Waals surface area contributed by atoms with Gasteiger partial charge in [-0.2, -0.15) is 0 Å². The number of nitrogens with zero attached hydrogens (tertiary/aromatic N) is 4. The van der Waals surface area contributed by atoms with E-state index in [1.807, 2.05) is 0 Å². The van der Waals surface area contributed by atoms with E-state index >= 15 is 0 Å². The highest BCUT2D eigenvalue weighted by atomic mass is 35.5. The Morgan fingerprint density at radius 1 is 1.25 bits per heavy atom. The fraction of sp³-hybridized carbons (Fsp3) is 0.167. The monoisotopic (exact) mass is 524 g/mol. The van der Waals surface area contributed by atoms with Crippen molar-refractivity contribution in [3.63, 3.8) is 0 Å². The number of furan rings is 1. The van der Waals surface area contributed by atoms with E-state index in [2.05, 4.69) is 10.1 Å². The van der Waals surface area contributed by atoms with Crippen LogP contribution in [-0.2, 0) is 4.79 Å². The van der Waals surface area contributed by atoms with Crippen LogP contribution >= 0.6 is 23.4 Å². The van der Waals surface area contributed by atoms with Crippen LogP contribution in [0.4, 0.5) is 11.4 Å². The quantitative estimate of drug-likeness (QED) is 0.175. The highest BCUT2D eigenvalue weighted by Gasteiger charge is 2.47. The van der Waals surface area contributed by atoms with Gasteiger partial charge in [-0.25, -0.2) is 4.90 Å². The molecule has 0 aliphatic carbocycles. The molecule has 10 nitrogen and oxygen atoms in total. The number of aromatic amines is 1. The van der Waals surface area contributed by atoms with E-state index in [4.69, 9.17) is 16.0 Å². The molecular formula is C24H19ClN5O5S+. The predicted molar refractivity (Wildman–Crippen MR) is 134 cm³/mol. The number of non-ortho nitro benzene ring substituents is 1. The fourth-order valence-corrected chi connectivity index (χ4v) is 4.85. The van der Waals surface area contributed by atoms with Gasteiger partial charge < -0.3 is 4.42 Å². The van der Waals surface area contributed by atoms with Crippen LogP contribution in [0.1, 0.15) is 25.3 Å². The molecular weight excluding hydrogens is 506 g/mol. The third-order valence-corrected chi connectivity index (χ3v) is 6.72. The molecule has 0 bridgehead atoms. The van der Waals surface area contributed by atoms with Gasteiger partial charge in [0.1, 0.15) is 5.76 Å². The smallest absolute Gasteiger partial charge is 0.325 e. The number of nitro groups is 1. The third kappa shape index (κ3) is 3.86. The van der Waals surface area contributed by atoms with Crippen molar-refractivity contribution < 1.29 is 18.8 Å². The largest absolute Gasteiger partial charge is 0.452 e. The molecule has 4 aromatic rings. The van der Waals surface area contributed by atoms with Crippen molar-refractivity contribution in [2.45, 2.75) is 24.7 Å². The molecule has 0 spiro atoms. The summed E-state index contributed by atoms with van der Waals surface area (Å²) in [5, 5.41) is 16.2. The molecule has 2 aromatic heterocycles. The van der Waals surface area contributed by atoms with Crippen LogP contribution in [0.5, 0.6) is 0 Å². The first-order valence-corrected chi connectivity index (χ1v) is 12.5. The van der Waals surface area contributed by atoms with Gasteiger partial charge in [0, 0.05) is 29.2 Å². The Kier molecular flexibility index (Phi) is 6.10. The molecule has 0 saturated heterocycles. The van der Waals surface area contributed by atoms with Gasteiger partial charge in [0.15, 0.2) is 5.76 Å². The van der Waals surface area contributed by atoms with E-state index in [0.29, 0.717) is 39.2 Å². The maximum absolute atomic E-state index is 13.3. The first-order chi connectivity index (χ1) is 17.3. The maximum Gasteiger partial charge on any atom is 0.325 e. The molecule has 0 fully saturated rings. The van der Waals surface area contributed by atoms with Gasteiger partial charge in [-0.3, -0.25) is 24.7 Å². The molecule has 3 heterocycles. The number of benzene rings is 2. The number of carbonyl (C=O) groups is 1. The lowest BCUT2D eigenvalue weighted by molar-refractivity contribution is -0.764. The lowest BCUT2D eigenvalue weighted by atomic mass is 10.0. The number of amides is 1. The second-order valence-electron chi connectivity index (χ2n) is 7.89. The number of fused-ring (bicyclic) bond motifs is 3. The van der Waals surface area contributed by atoms with Crippen molar-refractivity contribution in [1.82, 2.24) is 10.1 Å². The number of para-hydroxylation sites is 1. The number of aromatic nitrogens is 3. The Morgan fingerprint density at radius 3 is 2.72 bits per heavy atom. The Bertz CT molecular complexity index is 1580. The van der Waals surface area contributed by atoms with E-state index in [9.17, 15) is 19.7 Å². The zero-order valence-electron chi connectivity index (χ0n) is 19.1. The van der Waals surface area contributed by atoms with Gasteiger partial charge in [0.25, 0.3) is 5.69 Å². The number of carbonyl (C=O) groups excluding carboxylic acids is 1. The molecule has 0 saturated carbocycles. The lowest BCUT2D eigenvalue weighted by Gasteiger charge is -2.30. The average Bonchev–Trinajstić information content (AvgIpc) is 3.36. The highest BCUT2D eigenvalue weighted by Crippen LogP contribution is 2.40. The van der Waals surface area contributed by atoms with Crippen LogP contribution in [0.2, 0.25) is 5.02 Å². The van der Waals surface area contributed by atoms with Crippen LogP contribution in [-0.4, -0.2) is 27.2 Å². The Hall–Kier alpha value is -3.96. The highest BCUT2D eigenvalue weighted by molar-refractivity contribution is 7.98. The van der Waals surface area contributed by atoms with Crippen LogP contribution in [0.25, 0.3) is 22.6 Å². The summed E-state index contributed by atoms with van der Waals surface area (Å²) >= 11 is 7.58. The topological polar surface area (TPSA) is 126 Å². The summed E-state index contributed by atoms with van der Waals surface area (Å²) < 4.78 is 7.67. The molecule has 0 unspecified atom stereocenters. The second kappa shape index (κ2) is 9.25. The summed E-state index contributed by atoms with van der Waals surface area (Å²) in [6.45, 7) is 1.75. The Labute approximate surface area is 213 Å². The number of thioether (sulfide) groups is 1. The van der Waals surface area contributed by atoms with Crippen LogP contribution in [0.15, 0.2) is 69.0 Å². The van der Waals surface area contributed by atoms with Crippen molar-refractivity contribution in [1.29, 1.82) is 0 Å². The van der Waals surface area contributed by atoms with E-state index < -0.39 is 11.1 Å². The fourth-order valence-electron chi connectivity index (χ4n) is 4.22. The molecule has 36 heavy (non-hydrogen) atoms. The van der Waals surface area contributed by atoms with Crippen molar-refractivity contribution >= 4 is 40.6 Å². The SMILES string of the molecule is CCC(=O)N1c2ccccc2-c2c(=O)[nH]c(SC)n[n+]2[C@H]1c1ccc(-c2ccc([N+](=O)[O-])cc2Cl)o1. The lowest BCUT2D eigenvalue weighted by Crippen LogP contribution is -2.60. The Morgan fingerprint density at radius 2 is 2.03 bits per heavy atom. The first-order valence-electron chi connectivity index (χ1n) is 10.9. The zero-order chi connectivity index (χ0) is 25.6.